The summed E-state index contributed by atoms with van der Waals surface area (Å²) in [5.41, 5.74) is 7.62. The molecule has 6 heteroatoms. The predicted octanol–water partition coefficient (Wildman–Crippen LogP) is -0.508. The first kappa shape index (κ1) is 12.9. The first-order chi connectivity index (χ1) is 6.43. The van der Waals surface area contributed by atoms with Crippen LogP contribution in [-0.4, -0.2) is 29.6 Å². The highest BCUT2D eigenvalue weighted by Gasteiger charge is 2.12. The second-order valence-corrected chi connectivity index (χ2v) is 3.32. The summed E-state index contributed by atoms with van der Waals surface area (Å²) in [6.07, 6.45) is 0.122. The lowest BCUT2D eigenvalue weighted by atomic mass is 10.0. The molecule has 0 aliphatic carbocycles. The number of carboxylic acid groups (broad SMARTS) is 1. The summed E-state index contributed by atoms with van der Waals surface area (Å²) in [4.78, 5) is 25.4. The van der Waals surface area contributed by atoms with Crippen molar-refractivity contribution >= 4 is 11.9 Å². The molecule has 0 spiro atoms. The number of carbonyl (C=O) groups is 2. The Kier molecular flexibility index (Phi) is 5.82. The van der Waals surface area contributed by atoms with Gasteiger partial charge in [0.25, 0.3) is 0 Å². The molecule has 0 heterocycles. The molecule has 0 rings (SSSR count). The van der Waals surface area contributed by atoms with Crippen LogP contribution >= 0.6 is 0 Å². The molecule has 82 valence electrons. The minimum absolute atomic E-state index is 0.122. The van der Waals surface area contributed by atoms with Crippen molar-refractivity contribution in [1.82, 2.24) is 5.48 Å². The molecule has 0 aromatic heterocycles. The van der Waals surface area contributed by atoms with Crippen molar-refractivity contribution in [2.75, 3.05) is 6.61 Å². The third-order valence-corrected chi connectivity index (χ3v) is 1.66. The zero-order valence-corrected chi connectivity index (χ0v) is 8.32. The van der Waals surface area contributed by atoms with E-state index in [1.54, 1.807) is 0 Å². The first-order valence-electron chi connectivity index (χ1n) is 4.31. The second kappa shape index (κ2) is 6.33. The van der Waals surface area contributed by atoms with Gasteiger partial charge in [-0.15, -0.1) is 0 Å². The largest absolute Gasteiger partial charge is 0.479 e. The maximum absolute atomic E-state index is 11.0. The molecular formula is C8H16N2O4. The van der Waals surface area contributed by atoms with E-state index in [2.05, 4.69) is 4.84 Å². The number of carbonyl (C=O) groups excluding carboxylic acids is 1. The maximum Gasteiger partial charge on any atom is 0.332 e. The van der Waals surface area contributed by atoms with Crippen LogP contribution in [0.1, 0.15) is 20.3 Å². The lowest BCUT2D eigenvalue weighted by Gasteiger charge is -2.14. The Bertz CT molecular complexity index is 206. The van der Waals surface area contributed by atoms with Gasteiger partial charge in [0.2, 0.25) is 5.91 Å². The number of hydrogen-bond donors (Lipinski definition) is 3. The lowest BCUT2D eigenvalue weighted by Crippen LogP contribution is -2.35. The topological polar surface area (TPSA) is 102 Å². The van der Waals surface area contributed by atoms with Gasteiger partial charge in [0.1, 0.15) is 0 Å². The Hall–Kier alpha value is -1.14. The fourth-order valence-electron chi connectivity index (χ4n) is 0.670. The smallest absolute Gasteiger partial charge is 0.332 e. The normalized spacial score (nSPS) is 12.6. The van der Waals surface area contributed by atoms with E-state index < -0.39 is 18.5 Å². The Morgan fingerprint density at radius 3 is 2.50 bits per heavy atom. The predicted molar refractivity (Wildman–Crippen MR) is 49.2 cm³/mol. The minimum atomic E-state index is -1.14. The summed E-state index contributed by atoms with van der Waals surface area (Å²) in [5, 5.41) is 8.20. The quantitative estimate of drug-likeness (QED) is 0.506. The molecule has 4 N–H and O–H groups in total. The molecule has 1 unspecified atom stereocenters. The summed E-state index contributed by atoms with van der Waals surface area (Å²) in [5.74, 6) is -1.36. The summed E-state index contributed by atoms with van der Waals surface area (Å²) in [6, 6.07) is -0.247. The fraction of sp³-hybridized carbons (Fsp3) is 0.750. The number of nitrogens with two attached hydrogens (primary N) is 1. The van der Waals surface area contributed by atoms with Crippen LogP contribution in [-0.2, 0) is 14.4 Å². The van der Waals surface area contributed by atoms with Gasteiger partial charge in [0.15, 0.2) is 6.61 Å². The Balaban J connectivity index is 3.60. The van der Waals surface area contributed by atoms with Crippen molar-refractivity contribution in [2.24, 2.45) is 11.7 Å². The zero-order chi connectivity index (χ0) is 11.1. The van der Waals surface area contributed by atoms with Gasteiger partial charge in [0.05, 0.1) is 0 Å². The van der Waals surface area contributed by atoms with E-state index in [4.69, 9.17) is 10.8 Å². The molecule has 6 nitrogen and oxygen atoms in total. The average molecular weight is 204 g/mol. The molecule has 0 aromatic rings. The third-order valence-electron chi connectivity index (χ3n) is 1.66. The summed E-state index contributed by atoms with van der Waals surface area (Å²) >= 11 is 0. The zero-order valence-electron chi connectivity index (χ0n) is 8.32. The van der Waals surface area contributed by atoms with Gasteiger partial charge in [-0.2, -0.15) is 0 Å². The van der Waals surface area contributed by atoms with Crippen molar-refractivity contribution in [3.05, 3.63) is 0 Å². The van der Waals surface area contributed by atoms with Crippen LogP contribution in [0.15, 0.2) is 0 Å². The highest BCUT2D eigenvalue weighted by molar-refractivity contribution is 5.75. The van der Waals surface area contributed by atoms with Gasteiger partial charge >= 0.3 is 5.97 Å². The van der Waals surface area contributed by atoms with Gasteiger partial charge in [-0.3, -0.25) is 9.63 Å². The highest BCUT2D eigenvalue weighted by Crippen LogP contribution is 2.01. The van der Waals surface area contributed by atoms with Crippen LogP contribution in [0.2, 0.25) is 0 Å². The molecule has 1 atom stereocenters. The van der Waals surface area contributed by atoms with E-state index in [0.717, 1.165) is 0 Å². The van der Waals surface area contributed by atoms with E-state index in [0.29, 0.717) is 0 Å². The number of hydrogen-bond acceptors (Lipinski definition) is 4. The number of rotatable bonds is 6. The standard InChI is InChI=1S/C8H16N2O4/c1-5(2)6(9)3-7(11)10-14-4-8(12)13/h5-6H,3-4,9H2,1-2H3,(H,10,11)(H,12,13). The van der Waals surface area contributed by atoms with Gasteiger partial charge < -0.3 is 10.8 Å². The van der Waals surface area contributed by atoms with Crippen molar-refractivity contribution in [3.8, 4) is 0 Å². The molecule has 0 radical (unpaired) electrons. The van der Waals surface area contributed by atoms with Crippen LogP contribution in [0.3, 0.4) is 0 Å². The Morgan fingerprint density at radius 1 is 1.50 bits per heavy atom. The van der Waals surface area contributed by atoms with Crippen LogP contribution in [0, 0.1) is 5.92 Å². The van der Waals surface area contributed by atoms with Crippen LogP contribution in [0.4, 0.5) is 0 Å². The van der Waals surface area contributed by atoms with Crippen molar-refractivity contribution in [2.45, 2.75) is 26.3 Å². The van der Waals surface area contributed by atoms with Crippen LogP contribution in [0.5, 0.6) is 0 Å². The molecule has 0 saturated heterocycles. The average Bonchev–Trinajstić information content (AvgIpc) is 2.02. The fourth-order valence-corrected chi connectivity index (χ4v) is 0.670. The molecule has 1 amide bonds. The summed E-state index contributed by atoms with van der Waals surface area (Å²) in [6.45, 7) is 3.24. The maximum atomic E-state index is 11.0. The molecule has 14 heavy (non-hydrogen) atoms. The summed E-state index contributed by atoms with van der Waals surface area (Å²) < 4.78 is 0. The SMILES string of the molecule is CC(C)C(N)CC(=O)NOCC(=O)O. The molecule has 0 aliphatic heterocycles. The molecule has 0 aromatic carbocycles. The first-order valence-corrected chi connectivity index (χ1v) is 4.31. The second-order valence-electron chi connectivity index (χ2n) is 3.32. The van der Waals surface area contributed by atoms with Crippen LogP contribution < -0.4 is 11.2 Å². The van der Waals surface area contributed by atoms with Crippen molar-refractivity contribution in [1.29, 1.82) is 0 Å². The van der Waals surface area contributed by atoms with E-state index in [1.165, 1.54) is 0 Å². The number of amides is 1. The molecular weight excluding hydrogens is 188 g/mol. The van der Waals surface area contributed by atoms with E-state index >= 15 is 0 Å². The third kappa shape index (κ3) is 6.38. The van der Waals surface area contributed by atoms with E-state index in [-0.39, 0.29) is 18.4 Å². The van der Waals surface area contributed by atoms with Gasteiger partial charge in [-0.1, -0.05) is 13.8 Å². The lowest BCUT2D eigenvalue weighted by molar-refractivity contribution is -0.149. The van der Waals surface area contributed by atoms with Crippen LogP contribution in [0.25, 0.3) is 0 Å². The Morgan fingerprint density at radius 2 is 2.07 bits per heavy atom. The van der Waals surface area contributed by atoms with Gasteiger partial charge in [-0.05, 0) is 5.92 Å². The van der Waals surface area contributed by atoms with Crippen molar-refractivity contribution < 1.29 is 19.5 Å². The van der Waals surface area contributed by atoms with E-state index in [1.807, 2.05) is 19.3 Å². The number of nitrogens with one attached hydrogen (secondary N) is 1. The number of hydroxylamine groups is 1. The Labute approximate surface area is 82.4 Å². The minimum Gasteiger partial charge on any atom is -0.479 e. The molecule has 0 aliphatic rings. The molecule has 0 bridgehead atoms. The van der Waals surface area contributed by atoms with Gasteiger partial charge in [0, 0.05) is 12.5 Å². The monoisotopic (exact) mass is 204 g/mol. The van der Waals surface area contributed by atoms with Gasteiger partial charge in [-0.25, -0.2) is 10.3 Å². The number of carboxylic acids is 1. The molecule has 0 fully saturated rings. The summed E-state index contributed by atoms with van der Waals surface area (Å²) in [7, 11) is 0. The highest BCUT2D eigenvalue weighted by atomic mass is 16.7. The molecule has 0 saturated carbocycles. The van der Waals surface area contributed by atoms with E-state index in [9.17, 15) is 9.59 Å². The van der Waals surface area contributed by atoms with Crippen molar-refractivity contribution in [3.63, 3.8) is 0 Å². The number of aliphatic carboxylic acids is 1.